The number of nitrogens with zero attached hydrogens (tertiary/aromatic N) is 2. The van der Waals surface area contributed by atoms with Crippen LogP contribution < -0.4 is 0 Å². The quantitative estimate of drug-likeness (QED) is 0.324. The van der Waals surface area contributed by atoms with E-state index in [1.54, 1.807) is 23.5 Å². The lowest BCUT2D eigenvalue weighted by molar-refractivity contribution is 1.18. The normalized spacial score (nSPS) is 11.1. The lowest BCUT2D eigenvalue weighted by atomic mass is 10.2. The second-order valence-electron chi connectivity index (χ2n) is 6.36. The molecule has 0 fully saturated rings. The summed E-state index contributed by atoms with van der Waals surface area (Å²) in [6.07, 6.45) is 0. The standard InChI is InChI=1S/C24H16N2S2/c1-3-7-21-17(5-1)9-15-23(25-21)27-19-11-13-20(14-12-19)28-24-16-10-18-6-2-4-8-22(18)26-24/h1-16H. The molecule has 5 aromatic rings. The van der Waals surface area contributed by atoms with Crippen LogP contribution in [0.25, 0.3) is 21.8 Å². The van der Waals surface area contributed by atoms with Gasteiger partial charge in [0.2, 0.25) is 0 Å². The van der Waals surface area contributed by atoms with Gasteiger partial charge < -0.3 is 0 Å². The molecule has 0 saturated carbocycles. The summed E-state index contributed by atoms with van der Waals surface area (Å²) >= 11 is 3.37. The average molecular weight is 397 g/mol. The molecule has 2 nitrogen and oxygen atoms in total. The van der Waals surface area contributed by atoms with Gasteiger partial charge >= 0.3 is 0 Å². The number of fused-ring (bicyclic) bond motifs is 2. The van der Waals surface area contributed by atoms with E-state index in [4.69, 9.17) is 9.97 Å². The number of para-hydroxylation sites is 2. The Labute approximate surface area is 172 Å². The lowest BCUT2D eigenvalue weighted by Gasteiger charge is -2.05. The van der Waals surface area contributed by atoms with Gasteiger partial charge in [0.25, 0.3) is 0 Å². The highest BCUT2D eigenvalue weighted by atomic mass is 32.2. The molecule has 0 atom stereocenters. The third kappa shape index (κ3) is 3.75. The van der Waals surface area contributed by atoms with E-state index >= 15 is 0 Å². The molecular formula is C24H16N2S2. The van der Waals surface area contributed by atoms with Crippen molar-refractivity contribution in [2.45, 2.75) is 19.8 Å². The van der Waals surface area contributed by atoms with Gasteiger partial charge in [-0.05, 0) is 48.5 Å². The Hall–Kier alpha value is -2.82. The first-order valence-electron chi connectivity index (χ1n) is 9.01. The van der Waals surface area contributed by atoms with E-state index in [0.29, 0.717) is 0 Å². The van der Waals surface area contributed by atoms with E-state index in [2.05, 4.69) is 72.8 Å². The summed E-state index contributed by atoms with van der Waals surface area (Å²) in [5.74, 6) is 0. The Kier molecular flexibility index (Phi) is 4.73. The van der Waals surface area contributed by atoms with Crippen molar-refractivity contribution in [3.8, 4) is 0 Å². The van der Waals surface area contributed by atoms with Crippen LogP contribution >= 0.6 is 23.5 Å². The fourth-order valence-corrected chi connectivity index (χ4v) is 4.61. The molecule has 0 unspecified atom stereocenters. The van der Waals surface area contributed by atoms with Gasteiger partial charge in [-0.3, -0.25) is 0 Å². The molecule has 2 aromatic heterocycles. The molecule has 2 heterocycles. The van der Waals surface area contributed by atoms with Crippen molar-refractivity contribution in [1.82, 2.24) is 9.97 Å². The fraction of sp³-hybridized carbons (Fsp3) is 0. The Morgan fingerprint density at radius 1 is 0.429 bits per heavy atom. The molecule has 134 valence electrons. The average Bonchev–Trinajstić information content (AvgIpc) is 2.75. The molecule has 0 radical (unpaired) electrons. The van der Waals surface area contributed by atoms with Crippen molar-refractivity contribution in [1.29, 1.82) is 0 Å². The van der Waals surface area contributed by atoms with Crippen LogP contribution in [0.4, 0.5) is 0 Å². The molecule has 0 saturated heterocycles. The van der Waals surface area contributed by atoms with Gasteiger partial charge in [-0.1, -0.05) is 72.1 Å². The summed E-state index contributed by atoms with van der Waals surface area (Å²) in [5, 5.41) is 4.36. The number of benzene rings is 3. The van der Waals surface area contributed by atoms with E-state index in [1.165, 1.54) is 20.6 Å². The Balaban J connectivity index is 1.32. The molecular weight excluding hydrogens is 380 g/mol. The molecule has 0 aliphatic heterocycles. The number of rotatable bonds is 4. The van der Waals surface area contributed by atoms with Crippen molar-refractivity contribution < 1.29 is 0 Å². The van der Waals surface area contributed by atoms with Crippen LogP contribution in [0.2, 0.25) is 0 Å². The Morgan fingerprint density at radius 2 is 0.857 bits per heavy atom. The van der Waals surface area contributed by atoms with Crippen molar-refractivity contribution in [3.05, 3.63) is 97.1 Å². The van der Waals surface area contributed by atoms with Crippen molar-refractivity contribution in [2.24, 2.45) is 0 Å². The van der Waals surface area contributed by atoms with E-state index < -0.39 is 0 Å². The Morgan fingerprint density at radius 3 is 1.32 bits per heavy atom. The number of aromatic nitrogens is 2. The summed E-state index contributed by atoms with van der Waals surface area (Å²) in [6.45, 7) is 0. The highest BCUT2D eigenvalue weighted by Crippen LogP contribution is 2.32. The minimum absolute atomic E-state index is 1.01. The Bertz CT molecular complexity index is 1170. The number of hydrogen-bond donors (Lipinski definition) is 0. The predicted octanol–water partition coefficient (Wildman–Crippen LogP) is 7.09. The van der Waals surface area contributed by atoms with Crippen LogP contribution in [0.3, 0.4) is 0 Å². The molecule has 0 bridgehead atoms. The zero-order chi connectivity index (χ0) is 18.8. The molecule has 28 heavy (non-hydrogen) atoms. The van der Waals surface area contributed by atoms with Crippen molar-refractivity contribution in [3.63, 3.8) is 0 Å². The fourth-order valence-electron chi connectivity index (χ4n) is 3.03. The molecule has 0 spiro atoms. The first-order chi connectivity index (χ1) is 13.8. The van der Waals surface area contributed by atoms with E-state index in [0.717, 1.165) is 21.1 Å². The lowest BCUT2D eigenvalue weighted by Crippen LogP contribution is -1.83. The third-order valence-electron chi connectivity index (χ3n) is 4.41. The monoisotopic (exact) mass is 396 g/mol. The van der Waals surface area contributed by atoms with Crippen molar-refractivity contribution in [2.75, 3.05) is 0 Å². The van der Waals surface area contributed by atoms with Crippen LogP contribution in [0, 0.1) is 0 Å². The van der Waals surface area contributed by atoms with Crippen LogP contribution in [0.1, 0.15) is 0 Å². The highest BCUT2D eigenvalue weighted by Gasteiger charge is 2.04. The first kappa shape index (κ1) is 17.3. The molecule has 0 N–H and O–H groups in total. The number of pyridine rings is 2. The van der Waals surface area contributed by atoms with Crippen LogP contribution in [-0.4, -0.2) is 9.97 Å². The van der Waals surface area contributed by atoms with Crippen LogP contribution in [0.15, 0.2) is 117 Å². The van der Waals surface area contributed by atoms with E-state index in [1.807, 2.05) is 24.3 Å². The molecule has 0 aliphatic carbocycles. The van der Waals surface area contributed by atoms with Gasteiger partial charge in [-0.25, -0.2) is 9.97 Å². The maximum Gasteiger partial charge on any atom is 0.101 e. The highest BCUT2D eigenvalue weighted by molar-refractivity contribution is 7.99. The predicted molar refractivity (Wildman–Crippen MR) is 118 cm³/mol. The second-order valence-corrected chi connectivity index (χ2v) is 8.55. The van der Waals surface area contributed by atoms with Gasteiger partial charge in [0.15, 0.2) is 0 Å². The van der Waals surface area contributed by atoms with Gasteiger partial charge in [-0.15, -0.1) is 0 Å². The summed E-state index contributed by atoms with van der Waals surface area (Å²) in [4.78, 5) is 11.8. The smallest absolute Gasteiger partial charge is 0.101 e. The number of hydrogen-bond acceptors (Lipinski definition) is 4. The van der Waals surface area contributed by atoms with Crippen LogP contribution in [0.5, 0.6) is 0 Å². The molecule has 5 rings (SSSR count). The minimum Gasteiger partial charge on any atom is -0.241 e. The maximum absolute atomic E-state index is 4.74. The summed E-state index contributed by atoms with van der Waals surface area (Å²) in [6, 6.07) is 33.4. The maximum atomic E-state index is 4.74. The van der Waals surface area contributed by atoms with Gasteiger partial charge in [-0.2, -0.15) is 0 Å². The van der Waals surface area contributed by atoms with Gasteiger partial charge in [0, 0.05) is 20.6 Å². The largest absolute Gasteiger partial charge is 0.241 e. The molecule has 0 amide bonds. The topological polar surface area (TPSA) is 25.8 Å². The zero-order valence-corrected chi connectivity index (χ0v) is 16.6. The van der Waals surface area contributed by atoms with Crippen molar-refractivity contribution >= 4 is 45.3 Å². The van der Waals surface area contributed by atoms with E-state index in [-0.39, 0.29) is 0 Å². The molecule has 4 heteroatoms. The minimum atomic E-state index is 1.01. The van der Waals surface area contributed by atoms with E-state index in [9.17, 15) is 0 Å². The molecule has 0 aliphatic rings. The van der Waals surface area contributed by atoms with Gasteiger partial charge in [0.05, 0.1) is 11.0 Å². The van der Waals surface area contributed by atoms with Gasteiger partial charge in [0.1, 0.15) is 10.1 Å². The zero-order valence-electron chi connectivity index (χ0n) is 14.9. The van der Waals surface area contributed by atoms with Crippen LogP contribution in [-0.2, 0) is 0 Å². The summed E-state index contributed by atoms with van der Waals surface area (Å²) < 4.78 is 0. The SMILES string of the molecule is c1ccc2nc(Sc3ccc(Sc4ccc5ccccc5n4)cc3)ccc2c1. The third-order valence-corrected chi connectivity index (χ3v) is 6.30. The summed E-state index contributed by atoms with van der Waals surface area (Å²) in [5.41, 5.74) is 2.06. The second kappa shape index (κ2) is 7.66. The summed E-state index contributed by atoms with van der Waals surface area (Å²) in [7, 11) is 0. The molecule has 3 aromatic carbocycles. The first-order valence-corrected chi connectivity index (χ1v) is 10.6.